The van der Waals surface area contributed by atoms with Crippen molar-refractivity contribution in [3.05, 3.63) is 35.4 Å². The highest BCUT2D eigenvalue weighted by molar-refractivity contribution is 6.17. The van der Waals surface area contributed by atoms with Crippen LogP contribution in [0.4, 0.5) is 0 Å². The lowest BCUT2D eigenvalue weighted by atomic mass is 10.1. The van der Waals surface area contributed by atoms with Crippen molar-refractivity contribution >= 4 is 11.6 Å². The van der Waals surface area contributed by atoms with Crippen molar-refractivity contribution in [3.8, 4) is 0 Å². The Balaban J connectivity index is 1.56. The molecule has 1 aromatic rings. The van der Waals surface area contributed by atoms with Crippen molar-refractivity contribution in [2.75, 3.05) is 13.2 Å². The molecular weight excluding hydrogens is 246 g/mol. The molecule has 1 atom stereocenters. The molecule has 1 N–H and O–H groups in total. The number of alkyl halides is 1. The Bertz CT molecular complexity index is 333. The molecular formula is C15H22ClNO. The first-order valence-corrected chi connectivity index (χ1v) is 7.38. The van der Waals surface area contributed by atoms with Gasteiger partial charge in [0, 0.05) is 19.0 Å². The van der Waals surface area contributed by atoms with Crippen molar-refractivity contribution in [1.82, 2.24) is 5.32 Å². The van der Waals surface area contributed by atoms with Crippen molar-refractivity contribution in [2.45, 2.75) is 44.2 Å². The summed E-state index contributed by atoms with van der Waals surface area (Å²) in [6, 6.07) is 8.47. The smallest absolute Gasteiger partial charge is 0.0576 e. The third-order valence-electron chi connectivity index (χ3n) is 3.41. The van der Waals surface area contributed by atoms with Crippen LogP contribution in [0.25, 0.3) is 0 Å². The molecule has 3 heteroatoms. The van der Waals surface area contributed by atoms with Crippen LogP contribution < -0.4 is 5.32 Å². The molecule has 1 fully saturated rings. The van der Waals surface area contributed by atoms with E-state index in [1.165, 1.54) is 36.8 Å². The molecule has 0 spiro atoms. The molecule has 2 nitrogen and oxygen atoms in total. The van der Waals surface area contributed by atoms with Gasteiger partial charge in [-0.25, -0.2) is 0 Å². The van der Waals surface area contributed by atoms with E-state index in [9.17, 15) is 0 Å². The lowest BCUT2D eigenvalue weighted by Crippen LogP contribution is -2.16. The van der Waals surface area contributed by atoms with E-state index in [1.807, 2.05) is 0 Å². The van der Waals surface area contributed by atoms with Crippen LogP contribution in [0, 0.1) is 0 Å². The second kappa shape index (κ2) is 7.78. The summed E-state index contributed by atoms with van der Waals surface area (Å²) < 4.78 is 5.60. The maximum atomic E-state index is 5.76. The van der Waals surface area contributed by atoms with Crippen LogP contribution >= 0.6 is 11.6 Å². The van der Waals surface area contributed by atoms with E-state index >= 15 is 0 Å². The predicted molar refractivity (Wildman–Crippen MR) is 75.9 cm³/mol. The zero-order valence-electron chi connectivity index (χ0n) is 10.8. The minimum Gasteiger partial charge on any atom is -0.378 e. The molecule has 0 aliphatic carbocycles. The maximum absolute atomic E-state index is 5.76. The monoisotopic (exact) mass is 267 g/mol. The van der Waals surface area contributed by atoms with Gasteiger partial charge in [0.2, 0.25) is 0 Å². The summed E-state index contributed by atoms with van der Waals surface area (Å²) >= 11 is 5.76. The zero-order chi connectivity index (χ0) is 12.6. The topological polar surface area (TPSA) is 21.3 Å². The van der Waals surface area contributed by atoms with Gasteiger partial charge in [0.25, 0.3) is 0 Å². The highest BCUT2D eigenvalue weighted by Gasteiger charge is 2.14. The minimum absolute atomic E-state index is 0.523. The molecule has 1 unspecified atom stereocenters. The average molecular weight is 268 g/mol. The Morgan fingerprint density at radius 2 is 2.00 bits per heavy atom. The summed E-state index contributed by atoms with van der Waals surface area (Å²) in [5.74, 6) is 0.592. The first-order valence-electron chi connectivity index (χ1n) is 6.84. The fraction of sp³-hybridized carbons (Fsp3) is 0.600. The molecule has 2 rings (SSSR count). The minimum atomic E-state index is 0.523. The van der Waals surface area contributed by atoms with Gasteiger partial charge in [0.1, 0.15) is 0 Å². The standard InChI is InChI=1S/C15H22ClNO/c16-11-13-5-7-14(8-6-13)12-17-9-1-3-15-4-2-10-18-15/h5-8,15,17H,1-4,9-12H2. The average Bonchev–Trinajstić information content (AvgIpc) is 2.92. The van der Waals surface area contributed by atoms with Crippen LogP contribution in [0.3, 0.4) is 0 Å². The molecule has 0 bridgehead atoms. The second-order valence-electron chi connectivity index (χ2n) is 4.90. The zero-order valence-corrected chi connectivity index (χ0v) is 11.6. The molecule has 1 saturated heterocycles. The molecule has 0 amide bonds. The van der Waals surface area contributed by atoms with Gasteiger partial charge in [-0.3, -0.25) is 0 Å². The Morgan fingerprint density at radius 3 is 2.67 bits per heavy atom. The van der Waals surface area contributed by atoms with Crippen LogP contribution in [-0.4, -0.2) is 19.3 Å². The highest BCUT2D eigenvalue weighted by Crippen LogP contribution is 2.16. The van der Waals surface area contributed by atoms with E-state index in [0.29, 0.717) is 12.0 Å². The van der Waals surface area contributed by atoms with Crippen molar-refractivity contribution < 1.29 is 4.74 Å². The lowest BCUT2D eigenvalue weighted by Gasteiger charge is -2.09. The van der Waals surface area contributed by atoms with E-state index in [1.54, 1.807) is 0 Å². The molecule has 1 aromatic carbocycles. The molecule has 0 saturated carbocycles. The number of hydrogen-bond donors (Lipinski definition) is 1. The van der Waals surface area contributed by atoms with Crippen LogP contribution in [0.1, 0.15) is 36.8 Å². The van der Waals surface area contributed by atoms with Gasteiger partial charge >= 0.3 is 0 Å². The third-order valence-corrected chi connectivity index (χ3v) is 3.72. The summed E-state index contributed by atoms with van der Waals surface area (Å²) in [6.45, 7) is 2.97. The highest BCUT2D eigenvalue weighted by atomic mass is 35.5. The van der Waals surface area contributed by atoms with E-state index in [4.69, 9.17) is 16.3 Å². The van der Waals surface area contributed by atoms with E-state index in [0.717, 1.165) is 19.7 Å². The van der Waals surface area contributed by atoms with Crippen molar-refractivity contribution in [1.29, 1.82) is 0 Å². The Labute approximate surface area is 115 Å². The van der Waals surface area contributed by atoms with E-state index in [-0.39, 0.29) is 0 Å². The number of halogens is 1. The van der Waals surface area contributed by atoms with Gasteiger partial charge in [-0.15, -0.1) is 11.6 Å². The van der Waals surface area contributed by atoms with Gasteiger partial charge in [-0.2, -0.15) is 0 Å². The molecule has 0 radical (unpaired) electrons. The first-order chi connectivity index (χ1) is 8.88. The largest absolute Gasteiger partial charge is 0.378 e. The van der Waals surface area contributed by atoms with Crippen LogP contribution in [0.2, 0.25) is 0 Å². The van der Waals surface area contributed by atoms with Gasteiger partial charge in [0.15, 0.2) is 0 Å². The number of hydrogen-bond acceptors (Lipinski definition) is 2. The van der Waals surface area contributed by atoms with Crippen LogP contribution in [-0.2, 0) is 17.2 Å². The van der Waals surface area contributed by atoms with Crippen LogP contribution in [0.5, 0.6) is 0 Å². The van der Waals surface area contributed by atoms with Crippen molar-refractivity contribution in [2.24, 2.45) is 0 Å². The van der Waals surface area contributed by atoms with Gasteiger partial charge in [-0.1, -0.05) is 24.3 Å². The molecule has 100 valence electrons. The maximum Gasteiger partial charge on any atom is 0.0576 e. The van der Waals surface area contributed by atoms with E-state index in [2.05, 4.69) is 29.6 Å². The number of rotatable bonds is 7. The fourth-order valence-corrected chi connectivity index (χ4v) is 2.48. The van der Waals surface area contributed by atoms with E-state index < -0.39 is 0 Å². The summed E-state index contributed by atoms with van der Waals surface area (Å²) in [5, 5.41) is 3.47. The Hall–Kier alpha value is -0.570. The molecule has 1 aliphatic rings. The normalized spacial score (nSPS) is 19.3. The SMILES string of the molecule is ClCc1ccc(CNCCCC2CCCO2)cc1. The predicted octanol–water partition coefficient (Wildman–Crippen LogP) is 3.47. The number of benzene rings is 1. The first kappa shape index (κ1) is 13.9. The summed E-state index contributed by atoms with van der Waals surface area (Å²) in [4.78, 5) is 0. The number of ether oxygens (including phenoxy) is 1. The summed E-state index contributed by atoms with van der Waals surface area (Å²) in [6.07, 6.45) is 5.41. The fourth-order valence-electron chi connectivity index (χ4n) is 2.31. The number of nitrogens with one attached hydrogen (secondary N) is 1. The third kappa shape index (κ3) is 4.60. The second-order valence-corrected chi connectivity index (χ2v) is 5.17. The molecule has 18 heavy (non-hydrogen) atoms. The lowest BCUT2D eigenvalue weighted by molar-refractivity contribution is 0.102. The van der Waals surface area contributed by atoms with Crippen LogP contribution in [0.15, 0.2) is 24.3 Å². The quantitative estimate of drug-likeness (QED) is 0.603. The Kier molecular flexibility index (Phi) is 5.98. The molecule has 0 aromatic heterocycles. The van der Waals surface area contributed by atoms with Gasteiger partial charge in [-0.05, 0) is 43.4 Å². The summed E-state index contributed by atoms with van der Waals surface area (Å²) in [5.41, 5.74) is 2.50. The molecule has 1 aliphatic heterocycles. The van der Waals surface area contributed by atoms with Gasteiger partial charge in [0.05, 0.1) is 6.10 Å². The van der Waals surface area contributed by atoms with Crippen molar-refractivity contribution in [3.63, 3.8) is 0 Å². The summed E-state index contributed by atoms with van der Waals surface area (Å²) in [7, 11) is 0. The molecule has 1 heterocycles. The van der Waals surface area contributed by atoms with Gasteiger partial charge < -0.3 is 10.1 Å². The Morgan fingerprint density at radius 1 is 1.22 bits per heavy atom.